The van der Waals surface area contributed by atoms with E-state index < -0.39 is 24.0 Å². The van der Waals surface area contributed by atoms with Crippen LogP contribution in [0, 0.1) is 0 Å². The second-order valence-electron chi connectivity index (χ2n) is 5.79. The van der Waals surface area contributed by atoms with E-state index in [1.54, 1.807) is 42.5 Å². The molecule has 27 heavy (non-hydrogen) atoms. The fourth-order valence-corrected chi connectivity index (χ4v) is 2.79. The van der Waals surface area contributed by atoms with Gasteiger partial charge in [-0.15, -0.1) is 0 Å². The van der Waals surface area contributed by atoms with Gasteiger partial charge < -0.3 is 24.6 Å². The van der Waals surface area contributed by atoms with Gasteiger partial charge in [-0.05, 0) is 17.7 Å². The standard InChI is InChI=1S/C20H23NO6/c1-25-14-9-10-15(17(11-14)26-2)16(12-18(22)23)21-20(24)19(27-3)13-7-5-4-6-8-13/h4-11,16,19H,12H2,1-3H3,(H,21,24)(H,22,23). The number of carbonyl (C=O) groups is 2. The second-order valence-corrected chi connectivity index (χ2v) is 5.79. The number of aliphatic carboxylic acids is 1. The van der Waals surface area contributed by atoms with Crippen LogP contribution in [0.1, 0.15) is 29.7 Å². The van der Waals surface area contributed by atoms with Crippen LogP contribution in [-0.2, 0) is 14.3 Å². The van der Waals surface area contributed by atoms with Crippen molar-refractivity contribution in [3.63, 3.8) is 0 Å². The van der Waals surface area contributed by atoms with Crippen molar-refractivity contribution < 1.29 is 28.9 Å². The first-order valence-corrected chi connectivity index (χ1v) is 8.32. The molecule has 2 aromatic rings. The van der Waals surface area contributed by atoms with Gasteiger partial charge in [0.05, 0.1) is 26.7 Å². The number of hydrogen-bond acceptors (Lipinski definition) is 5. The van der Waals surface area contributed by atoms with Crippen molar-refractivity contribution in [1.82, 2.24) is 5.32 Å². The average molecular weight is 373 g/mol. The lowest BCUT2D eigenvalue weighted by Crippen LogP contribution is -2.35. The van der Waals surface area contributed by atoms with Crippen molar-refractivity contribution in [2.45, 2.75) is 18.6 Å². The average Bonchev–Trinajstić information content (AvgIpc) is 2.68. The van der Waals surface area contributed by atoms with Crippen molar-refractivity contribution in [3.8, 4) is 11.5 Å². The van der Waals surface area contributed by atoms with Crippen LogP contribution in [0.15, 0.2) is 48.5 Å². The Morgan fingerprint density at radius 1 is 1.04 bits per heavy atom. The van der Waals surface area contributed by atoms with Gasteiger partial charge in [-0.25, -0.2) is 0 Å². The summed E-state index contributed by atoms with van der Waals surface area (Å²) in [4.78, 5) is 24.1. The van der Waals surface area contributed by atoms with Crippen molar-refractivity contribution in [2.24, 2.45) is 0 Å². The van der Waals surface area contributed by atoms with Crippen LogP contribution in [0.4, 0.5) is 0 Å². The third kappa shape index (κ3) is 5.21. The molecule has 0 fully saturated rings. The Morgan fingerprint density at radius 2 is 1.74 bits per heavy atom. The van der Waals surface area contributed by atoms with Gasteiger partial charge in [0.15, 0.2) is 6.10 Å². The molecule has 7 heteroatoms. The molecule has 0 bridgehead atoms. The Labute approximate surface area is 157 Å². The smallest absolute Gasteiger partial charge is 0.305 e. The van der Waals surface area contributed by atoms with E-state index in [2.05, 4.69) is 5.32 Å². The Bertz CT molecular complexity index is 777. The molecule has 144 valence electrons. The summed E-state index contributed by atoms with van der Waals surface area (Å²) in [5.74, 6) is -0.496. The zero-order valence-electron chi connectivity index (χ0n) is 15.5. The zero-order chi connectivity index (χ0) is 19.8. The minimum Gasteiger partial charge on any atom is -0.497 e. The fraction of sp³-hybridized carbons (Fsp3) is 0.300. The van der Waals surface area contributed by atoms with E-state index in [0.717, 1.165) is 0 Å². The maximum Gasteiger partial charge on any atom is 0.305 e. The van der Waals surface area contributed by atoms with Gasteiger partial charge >= 0.3 is 5.97 Å². The van der Waals surface area contributed by atoms with Gasteiger partial charge in [0.25, 0.3) is 5.91 Å². The number of nitrogens with one attached hydrogen (secondary N) is 1. The highest BCUT2D eigenvalue weighted by Crippen LogP contribution is 2.32. The molecule has 0 saturated heterocycles. The first kappa shape index (κ1) is 20.3. The summed E-state index contributed by atoms with van der Waals surface area (Å²) < 4.78 is 15.8. The van der Waals surface area contributed by atoms with E-state index in [1.807, 2.05) is 6.07 Å². The van der Waals surface area contributed by atoms with Crippen molar-refractivity contribution in [2.75, 3.05) is 21.3 Å². The number of carboxylic acid groups (broad SMARTS) is 1. The lowest BCUT2D eigenvalue weighted by atomic mass is 10.0. The van der Waals surface area contributed by atoms with Gasteiger partial charge in [-0.2, -0.15) is 0 Å². The van der Waals surface area contributed by atoms with E-state index in [-0.39, 0.29) is 6.42 Å². The molecule has 0 radical (unpaired) electrons. The van der Waals surface area contributed by atoms with E-state index in [9.17, 15) is 14.7 Å². The first-order chi connectivity index (χ1) is 13.0. The summed E-state index contributed by atoms with van der Waals surface area (Å²) in [5, 5.41) is 12.0. The van der Waals surface area contributed by atoms with Crippen molar-refractivity contribution in [3.05, 3.63) is 59.7 Å². The van der Waals surface area contributed by atoms with Gasteiger partial charge in [0.2, 0.25) is 0 Å². The number of amides is 1. The van der Waals surface area contributed by atoms with Crippen LogP contribution in [0.2, 0.25) is 0 Å². The van der Waals surface area contributed by atoms with E-state index in [1.165, 1.54) is 21.3 Å². The van der Waals surface area contributed by atoms with Crippen LogP contribution in [0.25, 0.3) is 0 Å². The molecule has 1 amide bonds. The van der Waals surface area contributed by atoms with Crippen LogP contribution in [0.5, 0.6) is 11.5 Å². The van der Waals surface area contributed by atoms with Gasteiger partial charge in [-0.3, -0.25) is 9.59 Å². The molecule has 2 N–H and O–H groups in total. The fourth-order valence-electron chi connectivity index (χ4n) is 2.79. The Hall–Kier alpha value is -3.06. The molecule has 2 atom stereocenters. The summed E-state index contributed by atoms with van der Waals surface area (Å²) in [7, 11) is 4.42. The summed E-state index contributed by atoms with van der Waals surface area (Å²) in [6.45, 7) is 0. The normalized spacial score (nSPS) is 12.7. The highest BCUT2D eigenvalue weighted by Gasteiger charge is 2.27. The van der Waals surface area contributed by atoms with Crippen LogP contribution >= 0.6 is 0 Å². The third-order valence-electron chi connectivity index (χ3n) is 4.09. The maximum absolute atomic E-state index is 12.8. The molecule has 0 spiro atoms. The number of benzene rings is 2. The van der Waals surface area contributed by atoms with Crippen molar-refractivity contribution in [1.29, 1.82) is 0 Å². The second kappa shape index (κ2) is 9.59. The topological polar surface area (TPSA) is 94.1 Å². The lowest BCUT2D eigenvalue weighted by molar-refractivity contribution is -0.138. The summed E-state index contributed by atoms with van der Waals surface area (Å²) >= 11 is 0. The third-order valence-corrected chi connectivity index (χ3v) is 4.09. The Balaban J connectivity index is 2.31. The largest absolute Gasteiger partial charge is 0.497 e. The van der Waals surface area contributed by atoms with Crippen molar-refractivity contribution >= 4 is 11.9 Å². The number of methoxy groups -OCH3 is 3. The Morgan fingerprint density at radius 3 is 2.30 bits per heavy atom. The first-order valence-electron chi connectivity index (χ1n) is 8.32. The molecule has 0 aliphatic rings. The lowest BCUT2D eigenvalue weighted by Gasteiger charge is -2.23. The molecule has 0 heterocycles. The molecule has 0 aliphatic carbocycles. The summed E-state index contributed by atoms with van der Waals surface area (Å²) in [6.07, 6.45) is -1.16. The molecule has 0 aromatic heterocycles. The number of carboxylic acids is 1. The number of rotatable bonds is 9. The molecule has 0 aliphatic heterocycles. The minimum atomic E-state index is -1.05. The van der Waals surface area contributed by atoms with Gasteiger partial charge in [-0.1, -0.05) is 30.3 Å². The molecular formula is C20H23NO6. The monoisotopic (exact) mass is 373 g/mol. The van der Waals surface area contributed by atoms with E-state index in [4.69, 9.17) is 14.2 Å². The molecule has 2 rings (SSSR count). The Kier molecular flexibility index (Phi) is 7.19. The van der Waals surface area contributed by atoms with Crippen LogP contribution < -0.4 is 14.8 Å². The highest BCUT2D eigenvalue weighted by molar-refractivity contribution is 5.83. The van der Waals surface area contributed by atoms with E-state index in [0.29, 0.717) is 22.6 Å². The number of carbonyl (C=O) groups excluding carboxylic acids is 1. The molecule has 2 unspecified atom stereocenters. The minimum absolute atomic E-state index is 0.306. The number of ether oxygens (including phenoxy) is 3. The quantitative estimate of drug-likeness (QED) is 0.702. The molecule has 7 nitrogen and oxygen atoms in total. The van der Waals surface area contributed by atoms with Gasteiger partial charge in [0.1, 0.15) is 11.5 Å². The summed E-state index contributed by atoms with van der Waals surface area (Å²) in [5.41, 5.74) is 1.21. The molecule has 2 aromatic carbocycles. The van der Waals surface area contributed by atoms with Crippen LogP contribution in [-0.4, -0.2) is 38.3 Å². The summed E-state index contributed by atoms with van der Waals surface area (Å²) in [6, 6.07) is 13.2. The maximum atomic E-state index is 12.8. The molecule has 0 saturated carbocycles. The number of hydrogen-bond donors (Lipinski definition) is 2. The van der Waals surface area contributed by atoms with E-state index >= 15 is 0 Å². The van der Waals surface area contributed by atoms with Gasteiger partial charge in [0, 0.05) is 18.7 Å². The zero-order valence-corrected chi connectivity index (χ0v) is 15.5. The molecular weight excluding hydrogens is 350 g/mol. The highest BCUT2D eigenvalue weighted by atomic mass is 16.5. The SMILES string of the molecule is COc1ccc(C(CC(=O)O)NC(=O)C(OC)c2ccccc2)c(OC)c1. The van der Waals surface area contributed by atoms with Crippen LogP contribution in [0.3, 0.4) is 0 Å². The predicted molar refractivity (Wildman–Crippen MR) is 98.9 cm³/mol. The predicted octanol–water partition coefficient (Wildman–Crippen LogP) is 2.72.